The van der Waals surface area contributed by atoms with Crippen LogP contribution in [0.4, 0.5) is 0 Å². The molecular formula is C8H19KNO3. The van der Waals surface area contributed by atoms with Crippen LogP contribution < -0.4 is 5.11 Å². The normalized spacial score (nSPS) is 11.8. The van der Waals surface area contributed by atoms with Crippen LogP contribution >= 0.6 is 0 Å². The van der Waals surface area contributed by atoms with E-state index in [2.05, 4.69) is 21.1 Å². The molecule has 0 bridgehead atoms. The Bertz CT molecular complexity index is 128. The monoisotopic (exact) mass is 216 g/mol. The predicted molar refractivity (Wildman–Crippen MR) is 51.0 cm³/mol. The second kappa shape index (κ2) is 9.58. The Hall–Kier alpha value is 1.03. The molecule has 4 nitrogen and oxygen atoms in total. The molecular weight excluding hydrogens is 197 g/mol. The summed E-state index contributed by atoms with van der Waals surface area (Å²) in [4.78, 5) is 8.89. The van der Waals surface area contributed by atoms with Crippen molar-refractivity contribution in [3.05, 3.63) is 0 Å². The summed E-state index contributed by atoms with van der Waals surface area (Å²) < 4.78 is 0.831. The zero-order valence-corrected chi connectivity index (χ0v) is 12.6. The number of hydrogen-bond donors (Lipinski definition) is 1. The summed E-state index contributed by atoms with van der Waals surface area (Å²) in [6.45, 7) is 3.60. The van der Waals surface area contributed by atoms with Crippen molar-refractivity contribution in [3.63, 3.8) is 0 Å². The van der Waals surface area contributed by atoms with Gasteiger partial charge < -0.3 is 19.5 Å². The van der Waals surface area contributed by atoms with Crippen molar-refractivity contribution in [3.8, 4) is 0 Å². The van der Waals surface area contributed by atoms with Crippen molar-refractivity contribution in [1.82, 2.24) is 0 Å². The average molecular weight is 216 g/mol. The van der Waals surface area contributed by atoms with Crippen molar-refractivity contribution >= 4 is 57.4 Å². The molecule has 75 valence electrons. The van der Waals surface area contributed by atoms with Gasteiger partial charge in [-0.15, -0.1) is 0 Å². The van der Waals surface area contributed by atoms with Gasteiger partial charge in [0.1, 0.15) is 12.6 Å². The van der Waals surface area contributed by atoms with Gasteiger partial charge in [-0.25, -0.2) is 0 Å². The third-order valence-corrected chi connectivity index (χ3v) is 0.812. The van der Waals surface area contributed by atoms with E-state index < -0.39 is 5.97 Å². The van der Waals surface area contributed by atoms with Gasteiger partial charge in [0.15, 0.2) is 0 Å². The van der Waals surface area contributed by atoms with Crippen molar-refractivity contribution in [2.24, 2.45) is 0 Å². The van der Waals surface area contributed by atoms with E-state index in [1.807, 2.05) is 6.92 Å². The van der Waals surface area contributed by atoms with Crippen LogP contribution in [-0.4, -0.2) is 101 Å². The van der Waals surface area contributed by atoms with Crippen LogP contribution in [0.3, 0.4) is 0 Å². The Kier molecular flexibility index (Phi) is 14.4. The second-order valence-corrected chi connectivity index (χ2v) is 3.81. The zero-order valence-electron chi connectivity index (χ0n) is 9.50. The Morgan fingerprint density at radius 2 is 1.69 bits per heavy atom. The topological polar surface area (TPSA) is 60.4 Å². The molecule has 1 unspecified atom stereocenters. The van der Waals surface area contributed by atoms with Gasteiger partial charge >= 0.3 is 0 Å². The number of hydrogen-bond acceptors (Lipinski definition) is 3. The molecule has 0 aromatic heterocycles. The first kappa shape index (κ1) is 19.6. The molecule has 0 aromatic carbocycles. The fraction of sp³-hybridized carbons (Fsp3) is 0.875. The Balaban J connectivity index is -0.000000173. The van der Waals surface area contributed by atoms with Gasteiger partial charge in [0.05, 0.1) is 21.1 Å². The number of carboxylic acid groups (broad SMARTS) is 1. The molecule has 0 aliphatic heterocycles. The van der Waals surface area contributed by atoms with E-state index in [-0.39, 0.29) is 57.5 Å². The van der Waals surface area contributed by atoms with Crippen LogP contribution in [0.25, 0.3) is 0 Å². The number of nitrogens with zero attached hydrogens (tertiary/aromatic N) is 1. The van der Waals surface area contributed by atoms with Gasteiger partial charge in [0.2, 0.25) is 0 Å². The first-order valence-corrected chi connectivity index (χ1v) is 3.81. The van der Waals surface area contributed by atoms with Crippen LogP contribution in [0.15, 0.2) is 0 Å². The smallest absolute Gasteiger partial charge is 0.104 e. The molecule has 0 saturated heterocycles. The molecule has 0 amide bonds. The van der Waals surface area contributed by atoms with Crippen molar-refractivity contribution in [2.75, 3.05) is 27.7 Å². The van der Waals surface area contributed by atoms with Gasteiger partial charge in [-0.1, -0.05) is 0 Å². The molecule has 1 radical (unpaired) electrons. The first-order chi connectivity index (χ1) is 5.15. The number of likely N-dealkylation sites (N-methyl/N-ethyl adjacent to an activating group) is 1. The molecule has 13 heavy (non-hydrogen) atoms. The number of aliphatic hydroxyl groups excluding tert-OH is 1. The van der Waals surface area contributed by atoms with Crippen LogP contribution in [-0.2, 0) is 4.79 Å². The molecule has 0 aliphatic carbocycles. The summed E-state index contributed by atoms with van der Waals surface area (Å²) >= 11 is 0. The van der Waals surface area contributed by atoms with Crippen molar-refractivity contribution in [2.45, 2.75) is 20.0 Å². The van der Waals surface area contributed by atoms with Crippen LogP contribution in [0, 0.1) is 0 Å². The van der Waals surface area contributed by atoms with E-state index in [0.717, 1.165) is 18.0 Å². The van der Waals surface area contributed by atoms with E-state index in [1.54, 1.807) is 0 Å². The molecule has 1 N–H and O–H groups in total. The summed E-state index contributed by atoms with van der Waals surface area (Å²) in [6.07, 6.45) is -0.185. The Labute approximate surface area is 123 Å². The van der Waals surface area contributed by atoms with Gasteiger partial charge in [-0.3, -0.25) is 0 Å². The number of carboxylic acids is 1. The Morgan fingerprint density at radius 3 is 1.69 bits per heavy atom. The maximum atomic E-state index is 8.89. The van der Waals surface area contributed by atoms with Gasteiger partial charge in [-0.2, -0.15) is 0 Å². The number of aliphatic carboxylic acids is 1. The zero-order chi connectivity index (χ0) is 10.4. The molecule has 0 spiro atoms. The van der Waals surface area contributed by atoms with Gasteiger partial charge in [0, 0.05) is 57.4 Å². The molecule has 1 atom stereocenters. The predicted octanol–water partition coefficient (Wildman–Crippen LogP) is -1.55. The standard InChI is InChI=1S/C6H16NO.C2H4O2.K/c1-6(8)5-7(2,3)4;1-2(3)4;/h6,8H,5H2,1-4H3;1H3,(H,3,4);/q+1;;/p-1. The maximum absolute atomic E-state index is 8.89. The van der Waals surface area contributed by atoms with Gasteiger partial charge in [0.25, 0.3) is 0 Å². The summed E-state index contributed by atoms with van der Waals surface area (Å²) in [5.74, 6) is -1.08. The average Bonchev–Trinajstić information content (AvgIpc) is 1.52. The summed E-state index contributed by atoms with van der Waals surface area (Å²) in [7, 11) is 6.19. The fourth-order valence-corrected chi connectivity index (χ4v) is 0.793. The van der Waals surface area contributed by atoms with Gasteiger partial charge in [-0.05, 0) is 13.8 Å². The summed E-state index contributed by atoms with van der Waals surface area (Å²) in [5, 5.41) is 17.8. The number of carbonyl (C=O) groups excluding carboxylic acids is 1. The number of rotatable bonds is 2. The van der Waals surface area contributed by atoms with Crippen LogP contribution in [0.5, 0.6) is 0 Å². The quantitative estimate of drug-likeness (QED) is 0.449. The Morgan fingerprint density at radius 1 is 1.46 bits per heavy atom. The number of aliphatic hydroxyl groups is 1. The van der Waals surface area contributed by atoms with E-state index >= 15 is 0 Å². The third-order valence-electron chi connectivity index (χ3n) is 0.812. The molecule has 0 rings (SSSR count). The van der Waals surface area contributed by atoms with Crippen LogP contribution in [0.2, 0.25) is 0 Å². The molecule has 0 fully saturated rings. The van der Waals surface area contributed by atoms with E-state index in [1.165, 1.54) is 0 Å². The SMILES string of the molecule is CC(=O)[O-].CC(O)C[N+](C)(C)C.[K]. The fourth-order valence-electron chi connectivity index (χ4n) is 0.793. The van der Waals surface area contributed by atoms with E-state index in [0.29, 0.717) is 0 Å². The van der Waals surface area contributed by atoms with E-state index in [4.69, 9.17) is 15.0 Å². The molecule has 0 aliphatic rings. The minimum absolute atomic E-state index is 0. The minimum atomic E-state index is -1.08. The first-order valence-electron chi connectivity index (χ1n) is 3.81. The molecule has 5 heteroatoms. The maximum Gasteiger partial charge on any atom is 0.104 e. The van der Waals surface area contributed by atoms with Crippen molar-refractivity contribution in [1.29, 1.82) is 0 Å². The largest absolute Gasteiger partial charge is 0.550 e. The number of quaternary nitrogens is 1. The minimum Gasteiger partial charge on any atom is -0.550 e. The number of carbonyl (C=O) groups is 1. The van der Waals surface area contributed by atoms with E-state index in [9.17, 15) is 0 Å². The second-order valence-electron chi connectivity index (χ2n) is 3.81. The summed E-state index contributed by atoms with van der Waals surface area (Å²) in [6, 6.07) is 0. The summed E-state index contributed by atoms with van der Waals surface area (Å²) in [5.41, 5.74) is 0. The third kappa shape index (κ3) is 43.6. The molecule has 0 aromatic rings. The molecule has 0 saturated carbocycles. The van der Waals surface area contributed by atoms with Crippen molar-refractivity contribution < 1.29 is 19.5 Å². The molecule has 0 heterocycles. The van der Waals surface area contributed by atoms with Crippen LogP contribution in [0.1, 0.15) is 13.8 Å².